The number of anilines is 1. The molecule has 1 atom stereocenters. The molecule has 1 unspecified atom stereocenters. The van der Waals surface area contributed by atoms with Crippen LogP contribution in [0.5, 0.6) is 0 Å². The van der Waals surface area contributed by atoms with Gasteiger partial charge < -0.3 is 20.6 Å². The summed E-state index contributed by atoms with van der Waals surface area (Å²) >= 11 is 0. The van der Waals surface area contributed by atoms with Crippen molar-refractivity contribution < 1.29 is 9.90 Å². The van der Waals surface area contributed by atoms with Gasteiger partial charge in [0, 0.05) is 30.9 Å². The van der Waals surface area contributed by atoms with Crippen molar-refractivity contribution in [3.63, 3.8) is 0 Å². The third-order valence-corrected chi connectivity index (χ3v) is 5.19. The molecule has 3 rings (SSSR count). The molecule has 3 N–H and O–H groups in total. The van der Waals surface area contributed by atoms with Gasteiger partial charge in [-0.05, 0) is 57.6 Å². The number of benzene rings is 1. The van der Waals surface area contributed by atoms with Crippen molar-refractivity contribution in [2.24, 2.45) is 0 Å². The summed E-state index contributed by atoms with van der Waals surface area (Å²) in [6.45, 7) is 4.00. The fourth-order valence-corrected chi connectivity index (χ4v) is 3.72. The van der Waals surface area contributed by atoms with Crippen LogP contribution in [0, 0.1) is 6.92 Å². The number of rotatable bonds is 3. The molecule has 5 heteroatoms. The van der Waals surface area contributed by atoms with Gasteiger partial charge >= 0.3 is 6.03 Å². The molecule has 1 aromatic rings. The van der Waals surface area contributed by atoms with E-state index in [-0.39, 0.29) is 24.2 Å². The van der Waals surface area contributed by atoms with Gasteiger partial charge in [0.15, 0.2) is 0 Å². The highest BCUT2D eigenvalue weighted by atomic mass is 16.3. The summed E-state index contributed by atoms with van der Waals surface area (Å²) in [5, 5.41) is 15.7. The number of hydrogen-bond donors (Lipinski definition) is 3. The first-order chi connectivity index (χ1) is 11.6. The molecular weight excluding hydrogens is 302 g/mol. The molecule has 0 radical (unpaired) electrons. The molecule has 1 saturated heterocycles. The number of nitrogens with zero attached hydrogens (tertiary/aromatic N) is 1. The molecule has 5 nitrogen and oxygen atoms in total. The summed E-state index contributed by atoms with van der Waals surface area (Å²) in [7, 11) is 0. The van der Waals surface area contributed by atoms with Crippen LogP contribution in [0.15, 0.2) is 24.3 Å². The molecular formula is C19H29N3O2. The van der Waals surface area contributed by atoms with Crippen LogP contribution in [0.4, 0.5) is 10.5 Å². The summed E-state index contributed by atoms with van der Waals surface area (Å²) < 4.78 is 0. The molecule has 0 bridgehead atoms. The largest absolute Gasteiger partial charge is 0.393 e. The Morgan fingerprint density at radius 2 is 1.71 bits per heavy atom. The summed E-state index contributed by atoms with van der Waals surface area (Å²) in [6, 6.07) is 8.91. The van der Waals surface area contributed by atoms with Gasteiger partial charge in [0.25, 0.3) is 0 Å². The normalized spacial score (nSPS) is 27.6. The third kappa shape index (κ3) is 4.63. The van der Waals surface area contributed by atoms with Crippen molar-refractivity contribution in [1.29, 1.82) is 0 Å². The quantitative estimate of drug-likeness (QED) is 0.797. The summed E-state index contributed by atoms with van der Waals surface area (Å²) in [6.07, 6.45) is 5.25. The Hall–Kier alpha value is -1.75. The van der Waals surface area contributed by atoms with Crippen LogP contribution in [-0.4, -0.2) is 42.4 Å². The number of nitrogens with one attached hydrogen (secondary N) is 2. The number of amides is 2. The Labute approximate surface area is 144 Å². The zero-order valence-corrected chi connectivity index (χ0v) is 14.5. The highest BCUT2D eigenvalue weighted by molar-refractivity contribution is 5.74. The monoisotopic (exact) mass is 331 g/mol. The smallest absolute Gasteiger partial charge is 0.315 e. The predicted octanol–water partition coefficient (Wildman–Crippen LogP) is 2.57. The number of carbonyl (C=O) groups excluding carboxylic acids is 1. The van der Waals surface area contributed by atoms with Crippen LogP contribution in [0.3, 0.4) is 0 Å². The number of carbonyl (C=O) groups is 1. The van der Waals surface area contributed by atoms with E-state index in [2.05, 4.69) is 46.7 Å². The average molecular weight is 331 g/mol. The average Bonchev–Trinajstić information content (AvgIpc) is 2.58. The number of aliphatic hydroxyl groups is 1. The van der Waals surface area contributed by atoms with E-state index in [0.717, 1.165) is 51.6 Å². The number of aryl methyl sites for hydroxylation is 1. The fraction of sp³-hybridized carbons (Fsp3) is 0.632. The van der Waals surface area contributed by atoms with Crippen molar-refractivity contribution in [3.05, 3.63) is 29.8 Å². The molecule has 1 heterocycles. The maximum absolute atomic E-state index is 12.2. The number of urea groups is 1. The van der Waals surface area contributed by atoms with Gasteiger partial charge in [-0.15, -0.1) is 0 Å². The lowest BCUT2D eigenvalue weighted by molar-refractivity contribution is 0.117. The van der Waals surface area contributed by atoms with E-state index in [0.29, 0.717) is 0 Å². The van der Waals surface area contributed by atoms with Gasteiger partial charge in [-0.1, -0.05) is 17.7 Å². The highest BCUT2D eigenvalue weighted by Gasteiger charge is 2.24. The van der Waals surface area contributed by atoms with E-state index in [1.165, 1.54) is 11.3 Å². The molecule has 24 heavy (non-hydrogen) atoms. The molecule has 2 amide bonds. The van der Waals surface area contributed by atoms with Gasteiger partial charge in [0.05, 0.1) is 6.10 Å². The van der Waals surface area contributed by atoms with Crippen molar-refractivity contribution in [2.75, 3.05) is 18.0 Å². The first-order valence-electron chi connectivity index (χ1n) is 9.17. The molecule has 2 fully saturated rings. The van der Waals surface area contributed by atoms with Gasteiger partial charge in [-0.2, -0.15) is 0 Å². The first-order valence-corrected chi connectivity index (χ1v) is 9.17. The van der Waals surface area contributed by atoms with Gasteiger partial charge in [-0.25, -0.2) is 4.79 Å². The van der Waals surface area contributed by atoms with Crippen LogP contribution in [0.1, 0.15) is 44.1 Å². The van der Waals surface area contributed by atoms with Crippen molar-refractivity contribution in [3.8, 4) is 0 Å². The van der Waals surface area contributed by atoms with E-state index in [4.69, 9.17) is 0 Å². The second kappa shape index (κ2) is 7.88. The molecule has 1 aliphatic heterocycles. The minimum Gasteiger partial charge on any atom is -0.393 e. The number of hydrogen-bond acceptors (Lipinski definition) is 3. The van der Waals surface area contributed by atoms with Crippen LogP contribution in [0.2, 0.25) is 0 Å². The zero-order chi connectivity index (χ0) is 16.9. The van der Waals surface area contributed by atoms with E-state index < -0.39 is 0 Å². The molecule has 1 saturated carbocycles. The van der Waals surface area contributed by atoms with E-state index in [1.807, 2.05) is 0 Å². The van der Waals surface area contributed by atoms with Crippen molar-refractivity contribution in [2.45, 2.75) is 63.6 Å². The van der Waals surface area contributed by atoms with E-state index in [1.54, 1.807) is 0 Å². The van der Waals surface area contributed by atoms with Crippen LogP contribution < -0.4 is 15.5 Å². The lowest BCUT2D eigenvalue weighted by Gasteiger charge is -2.35. The maximum atomic E-state index is 12.2. The number of piperidine rings is 1. The van der Waals surface area contributed by atoms with Crippen LogP contribution in [-0.2, 0) is 0 Å². The van der Waals surface area contributed by atoms with Gasteiger partial charge in [-0.3, -0.25) is 0 Å². The van der Waals surface area contributed by atoms with E-state index >= 15 is 0 Å². The highest BCUT2D eigenvalue weighted by Crippen LogP contribution is 2.21. The van der Waals surface area contributed by atoms with Gasteiger partial charge in [0.1, 0.15) is 0 Å². The number of aliphatic hydroxyl groups excluding tert-OH is 1. The minimum absolute atomic E-state index is 0.0628. The maximum Gasteiger partial charge on any atom is 0.315 e. The molecule has 132 valence electrons. The molecule has 2 aliphatic rings. The molecule has 1 aliphatic carbocycles. The predicted molar refractivity (Wildman–Crippen MR) is 96.3 cm³/mol. The second-order valence-corrected chi connectivity index (χ2v) is 7.24. The minimum atomic E-state index is -0.187. The second-order valence-electron chi connectivity index (χ2n) is 7.24. The first kappa shape index (κ1) is 17.1. The van der Waals surface area contributed by atoms with Crippen molar-refractivity contribution >= 4 is 11.7 Å². The Morgan fingerprint density at radius 1 is 1.04 bits per heavy atom. The van der Waals surface area contributed by atoms with Crippen molar-refractivity contribution in [1.82, 2.24) is 10.6 Å². The Balaban J connectivity index is 1.48. The SMILES string of the molecule is Cc1ccc(N2CCCC(NC(=O)NC3CCC(O)CC3)C2)cc1. The van der Waals surface area contributed by atoms with Crippen LogP contribution in [0.25, 0.3) is 0 Å². The molecule has 0 aromatic heterocycles. The van der Waals surface area contributed by atoms with Crippen LogP contribution >= 0.6 is 0 Å². The Bertz CT molecular complexity index is 538. The summed E-state index contributed by atoms with van der Waals surface area (Å²) in [5.74, 6) is 0. The zero-order valence-electron chi connectivity index (χ0n) is 14.5. The lowest BCUT2D eigenvalue weighted by atomic mass is 9.93. The Morgan fingerprint density at radius 3 is 2.42 bits per heavy atom. The lowest BCUT2D eigenvalue weighted by Crippen LogP contribution is -2.52. The summed E-state index contributed by atoms with van der Waals surface area (Å²) in [5.41, 5.74) is 2.50. The van der Waals surface area contributed by atoms with Gasteiger partial charge in [0.2, 0.25) is 0 Å². The fourth-order valence-electron chi connectivity index (χ4n) is 3.72. The molecule has 1 aromatic carbocycles. The van der Waals surface area contributed by atoms with E-state index in [9.17, 15) is 9.90 Å². The topological polar surface area (TPSA) is 64.6 Å². The Kier molecular flexibility index (Phi) is 5.61. The standard InChI is InChI=1S/C19H29N3O2/c1-14-4-8-17(9-5-14)22-12-2-3-16(13-22)21-19(24)20-15-6-10-18(23)11-7-15/h4-5,8-9,15-16,18,23H,2-3,6-7,10-13H2,1H3,(H2,20,21,24). The molecule has 0 spiro atoms. The summed E-state index contributed by atoms with van der Waals surface area (Å²) in [4.78, 5) is 14.6. The third-order valence-electron chi connectivity index (χ3n) is 5.19.